The molecule has 2 fully saturated rings. The molecule has 0 radical (unpaired) electrons. The second-order valence-electron chi connectivity index (χ2n) is 5.13. The Morgan fingerprint density at radius 1 is 1.47 bits per heavy atom. The van der Waals surface area contributed by atoms with Gasteiger partial charge in [-0.1, -0.05) is 0 Å². The summed E-state index contributed by atoms with van der Waals surface area (Å²) in [4.78, 5) is 14.5. The molecule has 0 saturated carbocycles. The van der Waals surface area contributed by atoms with Gasteiger partial charge >= 0.3 is 0 Å². The predicted octanol–water partition coefficient (Wildman–Crippen LogP) is 2.42. The zero-order valence-corrected chi connectivity index (χ0v) is 11.3. The lowest BCUT2D eigenvalue weighted by atomic mass is 10.00. The first kappa shape index (κ1) is 13.2. The minimum absolute atomic E-state index is 0.0894. The molecule has 3 atom stereocenters. The van der Waals surface area contributed by atoms with Crippen LogP contribution in [0.5, 0.6) is 0 Å². The van der Waals surface area contributed by atoms with E-state index in [1.165, 1.54) is 0 Å². The molecule has 4 heteroatoms. The molecule has 2 aliphatic heterocycles. The van der Waals surface area contributed by atoms with E-state index in [-0.39, 0.29) is 12.0 Å². The van der Waals surface area contributed by atoms with Crippen LogP contribution in [-0.4, -0.2) is 42.0 Å². The van der Waals surface area contributed by atoms with E-state index >= 15 is 0 Å². The molecular formula is C13H22ClNO2. The summed E-state index contributed by atoms with van der Waals surface area (Å²) in [5, 5.41) is 0. The van der Waals surface area contributed by atoms with Gasteiger partial charge in [0, 0.05) is 25.1 Å². The molecule has 3 unspecified atom stereocenters. The van der Waals surface area contributed by atoms with E-state index in [2.05, 4.69) is 4.90 Å². The molecular weight excluding hydrogens is 238 g/mol. The fourth-order valence-electron chi connectivity index (χ4n) is 3.01. The van der Waals surface area contributed by atoms with Crippen LogP contribution in [0.1, 0.15) is 39.0 Å². The standard InChI is InChI=1S/C13H22ClNO2/c1-10-12(6-9-17-10)13(16)15-8-3-5-11(15)4-2-7-14/h10-12H,2-9H2,1H3. The summed E-state index contributed by atoms with van der Waals surface area (Å²) in [6.07, 6.45) is 5.32. The lowest BCUT2D eigenvalue weighted by Crippen LogP contribution is -2.41. The summed E-state index contributed by atoms with van der Waals surface area (Å²) in [5.41, 5.74) is 0. The quantitative estimate of drug-likeness (QED) is 0.726. The summed E-state index contributed by atoms with van der Waals surface area (Å²) in [6, 6.07) is 0.425. The molecule has 2 heterocycles. The maximum absolute atomic E-state index is 12.4. The van der Waals surface area contributed by atoms with Crippen LogP contribution in [0.15, 0.2) is 0 Å². The van der Waals surface area contributed by atoms with Crippen LogP contribution in [0.25, 0.3) is 0 Å². The molecule has 2 saturated heterocycles. The van der Waals surface area contributed by atoms with Crippen LogP contribution in [0, 0.1) is 5.92 Å². The minimum atomic E-state index is 0.0894. The number of rotatable bonds is 4. The van der Waals surface area contributed by atoms with Gasteiger partial charge in [-0.2, -0.15) is 0 Å². The second-order valence-corrected chi connectivity index (χ2v) is 5.51. The highest BCUT2D eigenvalue weighted by molar-refractivity contribution is 6.17. The van der Waals surface area contributed by atoms with Crippen molar-refractivity contribution in [1.29, 1.82) is 0 Å². The number of carbonyl (C=O) groups excluding carboxylic acids is 1. The SMILES string of the molecule is CC1OCCC1C(=O)N1CCCC1CCCCl. The van der Waals surface area contributed by atoms with Crippen molar-refractivity contribution in [2.45, 2.75) is 51.2 Å². The first-order valence-corrected chi connectivity index (χ1v) is 7.25. The number of ether oxygens (including phenoxy) is 1. The summed E-state index contributed by atoms with van der Waals surface area (Å²) < 4.78 is 5.49. The number of halogens is 1. The lowest BCUT2D eigenvalue weighted by molar-refractivity contribution is -0.137. The highest BCUT2D eigenvalue weighted by Gasteiger charge is 2.37. The number of amides is 1. The largest absolute Gasteiger partial charge is 0.378 e. The van der Waals surface area contributed by atoms with E-state index in [1.807, 2.05) is 6.92 Å². The third kappa shape index (κ3) is 2.94. The topological polar surface area (TPSA) is 29.5 Å². The molecule has 0 aromatic rings. The Morgan fingerprint density at radius 2 is 2.29 bits per heavy atom. The van der Waals surface area contributed by atoms with Crippen LogP contribution in [0.2, 0.25) is 0 Å². The van der Waals surface area contributed by atoms with E-state index in [0.29, 0.717) is 17.8 Å². The molecule has 0 aliphatic carbocycles. The van der Waals surface area contributed by atoms with Crippen molar-refractivity contribution in [2.24, 2.45) is 5.92 Å². The van der Waals surface area contributed by atoms with Gasteiger partial charge in [-0.3, -0.25) is 4.79 Å². The van der Waals surface area contributed by atoms with E-state index in [9.17, 15) is 4.79 Å². The third-order valence-electron chi connectivity index (χ3n) is 4.02. The van der Waals surface area contributed by atoms with Crippen LogP contribution < -0.4 is 0 Å². The van der Waals surface area contributed by atoms with Gasteiger partial charge in [0.2, 0.25) is 5.91 Å². The molecule has 98 valence electrons. The first-order valence-electron chi connectivity index (χ1n) is 6.72. The fourth-order valence-corrected chi connectivity index (χ4v) is 3.16. The van der Waals surface area contributed by atoms with Crippen molar-refractivity contribution in [3.05, 3.63) is 0 Å². The van der Waals surface area contributed by atoms with E-state index < -0.39 is 0 Å². The fraction of sp³-hybridized carbons (Fsp3) is 0.923. The van der Waals surface area contributed by atoms with Gasteiger partial charge in [-0.05, 0) is 39.0 Å². The van der Waals surface area contributed by atoms with Gasteiger partial charge in [0.25, 0.3) is 0 Å². The van der Waals surface area contributed by atoms with Gasteiger partial charge in [0.15, 0.2) is 0 Å². The molecule has 0 spiro atoms. The zero-order valence-electron chi connectivity index (χ0n) is 10.5. The molecule has 0 N–H and O–H groups in total. The molecule has 3 nitrogen and oxygen atoms in total. The average Bonchev–Trinajstić information content (AvgIpc) is 2.94. The number of hydrogen-bond donors (Lipinski definition) is 0. The van der Waals surface area contributed by atoms with Gasteiger partial charge in [-0.15, -0.1) is 11.6 Å². The highest BCUT2D eigenvalue weighted by Crippen LogP contribution is 2.28. The molecule has 2 aliphatic rings. The van der Waals surface area contributed by atoms with Gasteiger partial charge < -0.3 is 9.64 Å². The summed E-state index contributed by atoms with van der Waals surface area (Å²) in [7, 11) is 0. The van der Waals surface area contributed by atoms with Crippen molar-refractivity contribution < 1.29 is 9.53 Å². The Bertz CT molecular complexity index is 272. The van der Waals surface area contributed by atoms with Crippen molar-refractivity contribution >= 4 is 17.5 Å². The van der Waals surface area contributed by atoms with E-state index in [1.54, 1.807) is 0 Å². The molecule has 0 bridgehead atoms. The van der Waals surface area contributed by atoms with Crippen LogP contribution in [0.4, 0.5) is 0 Å². The highest BCUT2D eigenvalue weighted by atomic mass is 35.5. The molecule has 0 aromatic carbocycles. The van der Waals surface area contributed by atoms with Crippen molar-refractivity contribution in [2.75, 3.05) is 19.0 Å². The molecule has 1 amide bonds. The van der Waals surface area contributed by atoms with Gasteiger partial charge in [0.1, 0.15) is 0 Å². The van der Waals surface area contributed by atoms with Crippen molar-refractivity contribution in [1.82, 2.24) is 4.90 Å². The first-order chi connectivity index (χ1) is 8.24. The van der Waals surface area contributed by atoms with Gasteiger partial charge in [-0.25, -0.2) is 0 Å². The lowest BCUT2D eigenvalue weighted by Gasteiger charge is -2.28. The van der Waals surface area contributed by atoms with Crippen molar-refractivity contribution in [3.63, 3.8) is 0 Å². The summed E-state index contributed by atoms with van der Waals surface area (Å²) in [5.74, 6) is 1.10. The molecule has 0 aromatic heterocycles. The minimum Gasteiger partial charge on any atom is -0.378 e. The Labute approximate surface area is 108 Å². The summed E-state index contributed by atoms with van der Waals surface area (Å²) in [6.45, 7) is 3.67. The monoisotopic (exact) mass is 259 g/mol. The number of nitrogens with zero attached hydrogens (tertiary/aromatic N) is 1. The van der Waals surface area contributed by atoms with E-state index in [0.717, 1.165) is 45.3 Å². The van der Waals surface area contributed by atoms with Crippen LogP contribution >= 0.6 is 11.6 Å². The smallest absolute Gasteiger partial charge is 0.228 e. The van der Waals surface area contributed by atoms with Gasteiger partial charge in [0.05, 0.1) is 12.0 Å². The third-order valence-corrected chi connectivity index (χ3v) is 4.29. The maximum Gasteiger partial charge on any atom is 0.228 e. The van der Waals surface area contributed by atoms with E-state index in [4.69, 9.17) is 16.3 Å². The Morgan fingerprint density at radius 3 is 2.94 bits per heavy atom. The number of carbonyl (C=O) groups is 1. The Balaban J connectivity index is 1.93. The molecule has 2 rings (SSSR count). The maximum atomic E-state index is 12.4. The Kier molecular flexibility index (Phi) is 4.69. The summed E-state index contributed by atoms with van der Waals surface area (Å²) >= 11 is 5.73. The normalized spacial score (nSPS) is 33.3. The zero-order chi connectivity index (χ0) is 12.3. The van der Waals surface area contributed by atoms with Crippen LogP contribution in [0.3, 0.4) is 0 Å². The second kappa shape index (κ2) is 6.05. The van der Waals surface area contributed by atoms with Crippen molar-refractivity contribution in [3.8, 4) is 0 Å². The average molecular weight is 260 g/mol. The van der Waals surface area contributed by atoms with Crippen LogP contribution in [-0.2, 0) is 9.53 Å². The number of hydrogen-bond acceptors (Lipinski definition) is 2. The number of alkyl halides is 1. The molecule has 17 heavy (non-hydrogen) atoms. The number of likely N-dealkylation sites (tertiary alicyclic amines) is 1. The Hall–Kier alpha value is -0.280. The predicted molar refractivity (Wildman–Crippen MR) is 68.2 cm³/mol.